The second-order valence-electron chi connectivity index (χ2n) is 7.03. The number of likely N-dealkylation sites (tertiary alicyclic amines) is 1. The van der Waals surface area contributed by atoms with E-state index in [0.29, 0.717) is 5.89 Å². The van der Waals surface area contributed by atoms with E-state index in [1.165, 1.54) is 38.9 Å². The summed E-state index contributed by atoms with van der Waals surface area (Å²) in [5.41, 5.74) is 2.79. The first kappa shape index (κ1) is 17.8. The predicted molar refractivity (Wildman–Crippen MR) is 110 cm³/mol. The Hall–Kier alpha value is -2.59. The molecule has 27 heavy (non-hydrogen) atoms. The zero-order chi connectivity index (χ0) is 18.3. The largest absolute Gasteiger partial charge is 0.494 e. The minimum Gasteiger partial charge on any atom is -0.494 e. The highest BCUT2D eigenvalue weighted by Crippen LogP contribution is 2.18. The molecule has 2 aromatic carbocycles. The molecular weight excluding hydrogens is 336 g/mol. The number of aromatic nitrogens is 1. The quantitative estimate of drug-likeness (QED) is 0.513. The van der Waals surface area contributed by atoms with Gasteiger partial charge in [-0.25, -0.2) is 4.98 Å². The van der Waals surface area contributed by atoms with Crippen molar-refractivity contribution in [2.75, 3.05) is 26.2 Å². The van der Waals surface area contributed by atoms with E-state index >= 15 is 0 Å². The number of fused-ring (bicyclic) bond motifs is 1. The lowest BCUT2D eigenvalue weighted by molar-refractivity contribution is 0.280. The average Bonchev–Trinajstić information content (AvgIpc) is 3.36. The van der Waals surface area contributed by atoms with E-state index in [-0.39, 0.29) is 0 Å². The normalized spacial score (nSPS) is 15.1. The van der Waals surface area contributed by atoms with E-state index in [1.807, 2.05) is 48.6 Å². The molecule has 1 saturated heterocycles. The van der Waals surface area contributed by atoms with Crippen LogP contribution in [0.4, 0.5) is 0 Å². The molecule has 0 radical (unpaired) electrons. The topological polar surface area (TPSA) is 38.5 Å². The summed E-state index contributed by atoms with van der Waals surface area (Å²) in [5.74, 6) is 1.55. The van der Waals surface area contributed by atoms with E-state index in [1.54, 1.807) is 0 Å². The molecule has 0 aliphatic carbocycles. The second-order valence-corrected chi connectivity index (χ2v) is 7.03. The third-order valence-electron chi connectivity index (χ3n) is 4.94. The van der Waals surface area contributed by atoms with Crippen molar-refractivity contribution < 1.29 is 9.15 Å². The highest BCUT2D eigenvalue weighted by Gasteiger charge is 2.10. The molecule has 0 N–H and O–H groups in total. The molecule has 0 atom stereocenters. The van der Waals surface area contributed by atoms with Crippen molar-refractivity contribution in [1.29, 1.82) is 0 Å². The van der Waals surface area contributed by atoms with Crippen molar-refractivity contribution in [2.24, 2.45) is 0 Å². The van der Waals surface area contributed by atoms with Gasteiger partial charge in [0.15, 0.2) is 5.58 Å². The zero-order valence-corrected chi connectivity index (χ0v) is 15.6. The summed E-state index contributed by atoms with van der Waals surface area (Å²) < 4.78 is 11.6. The zero-order valence-electron chi connectivity index (χ0n) is 15.6. The molecule has 1 fully saturated rings. The maximum atomic E-state index is 5.85. The van der Waals surface area contributed by atoms with Gasteiger partial charge in [-0.05, 0) is 81.2 Å². The summed E-state index contributed by atoms with van der Waals surface area (Å²) in [6, 6.07) is 15.9. The summed E-state index contributed by atoms with van der Waals surface area (Å²) in [5, 5.41) is 0. The molecule has 1 aliphatic rings. The minimum atomic E-state index is 0.620. The number of nitrogens with zero attached hydrogens (tertiary/aromatic N) is 2. The molecule has 4 rings (SSSR count). The van der Waals surface area contributed by atoms with Crippen molar-refractivity contribution >= 4 is 23.3 Å². The number of rotatable bonds is 8. The van der Waals surface area contributed by atoms with E-state index in [0.717, 1.165) is 35.4 Å². The SMILES string of the molecule is C(=Cc1nc2ccccc2o1)c1ccc(OCCCCN2CCCC2)cc1. The minimum absolute atomic E-state index is 0.620. The van der Waals surface area contributed by atoms with Crippen LogP contribution in [0.15, 0.2) is 52.9 Å². The Balaban J connectivity index is 1.23. The van der Waals surface area contributed by atoms with Crippen LogP contribution in [0, 0.1) is 0 Å². The van der Waals surface area contributed by atoms with E-state index in [4.69, 9.17) is 9.15 Å². The summed E-state index contributed by atoms with van der Waals surface area (Å²) in [6.45, 7) is 4.55. The average molecular weight is 362 g/mol. The van der Waals surface area contributed by atoms with Gasteiger partial charge in [0.2, 0.25) is 5.89 Å². The fourth-order valence-corrected chi connectivity index (χ4v) is 3.44. The molecule has 0 unspecified atom stereocenters. The van der Waals surface area contributed by atoms with Crippen LogP contribution in [0.25, 0.3) is 23.3 Å². The number of ether oxygens (including phenoxy) is 1. The molecular formula is C23H26N2O2. The van der Waals surface area contributed by atoms with Gasteiger partial charge in [0.1, 0.15) is 11.3 Å². The van der Waals surface area contributed by atoms with Gasteiger partial charge in [0.05, 0.1) is 6.61 Å². The van der Waals surface area contributed by atoms with Gasteiger partial charge in [-0.15, -0.1) is 0 Å². The van der Waals surface area contributed by atoms with Gasteiger partial charge in [-0.3, -0.25) is 0 Å². The molecule has 2 heterocycles. The summed E-state index contributed by atoms with van der Waals surface area (Å²) >= 11 is 0. The monoisotopic (exact) mass is 362 g/mol. The van der Waals surface area contributed by atoms with Crippen molar-refractivity contribution in [3.63, 3.8) is 0 Å². The van der Waals surface area contributed by atoms with Crippen LogP contribution >= 0.6 is 0 Å². The van der Waals surface area contributed by atoms with Crippen LogP contribution in [-0.4, -0.2) is 36.1 Å². The summed E-state index contributed by atoms with van der Waals surface area (Å²) in [4.78, 5) is 7.00. The second kappa shape index (κ2) is 8.87. The molecule has 3 aromatic rings. The van der Waals surface area contributed by atoms with Gasteiger partial charge in [0.25, 0.3) is 0 Å². The molecule has 0 bridgehead atoms. The molecule has 4 nitrogen and oxygen atoms in total. The number of unbranched alkanes of at least 4 members (excludes halogenated alkanes) is 1. The van der Waals surface area contributed by atoms with Crippen LogP contribution in [0.1, 0.15) is 37.1 Å². The molecule has 0 amide bonds. The third-order valence-corrected chi connectivity index (χ3v) is 4.94. The van der Waals surface area contributed by atoms with Crippen LogP contribution < -0.4 is 4.74 Å². The number of para-hydroxylation sites is 2. The van der Waals surface area contributed by atoms with Crippen LogP contribution in [-0.2, 0) is 0 Å². The first-order chi connectivity index (χ1) is 13.4. The lowest BCUT2D eigenvalue weighted by atomic mass is 10.2. The third kappa shape index (κ3) is 4.98. The lowest BCUT2D eigenvalue weighted by Gasteiger charge is -2.14. The maximum Gasteiger partial charge on any atom is 0.220 e. The van der Waals surface area contributed by atoms with Crippen molar-refractivity contribution in [3.8, 4) is 5.75 Å². The van der Waals surface area contributed by atoms with Gasteiger partial charge in [-0.2, -0.15) is 0 Å². The smallest absolute Gasteiger partial charge is 0.220 e. The molecule has 0 spiro atoms. The standard InChI is InChI=1S/C23H26N2O2/c1-2-8-22-21(7-1)24-23(27-22)14-11-19-9-12-20(13-10-19)26-18-6-5-17-25-15-3-4-16-25/h1-2,7-14H,3-6,15-18H2. The first-order valence-electron chi connectivity index (χ1n) is 9.86. The highest BCUT2D eigenvalue weighted by molar-refractivity contribution is 5.75. The Labute approximate surface area is 160 Å². The van der Waals surface area contributed by atoms with Crippen molar-refractivity contribution in [1.82, 2.24) is 9.88 Å². The Morgan fingerprint density at radius 3 is 2.59 bits per heavy atom. The molecule has 0 saturated carbocycles. The maximum absolute atomic E-state index is 5.85. The molecule has 1 aromatic heterocycles. The molecule has 4 heteroatoms. The van der Waals surface area contributed by atoms with Crippen LogP contribution in [0.5, 0.6) is 5.75 Å². The van der Waals surface area contributed by atoms with Gasteiger partial charge in [-0.1, -0.05) is 24.3 Å². The lowest BCUT2D eigenvalue weighted by Crippen LogP contribution is -2.20. The Morgan fingerprint density at radius 2 is 1.78 bits per heavy atom. The number of oxazole rings is 1. The Bertz CT molecular complexity index is 844. The van der Waals surface area contributed by atoms with Crippen LogP contribution in [0.3, 0.4) is 0 Å². The number of hydrogen-bond donors (Lipinski definition) is 0. The van der Waals surface area contributed by atoms with Gasteiger partial charge in [0, 0.05) is 6.08 Å². The summed E-state index contributed by atoms with van der Waals surface area (Å²) in [7, 11) is 0. The van der Waals surface area contributed by atoms with E-state index in [9.17, 15) is 0 Å². The molecule has 140 valence electrons. The van der Waals surface area contributed by atoms with Gasteiger partial charge < -0.3 is 14.1 Å². The number of hydrogen-bond acceptors (Lipinski definition) is 4. The summed E-state index contributed by atoms with van der Waals surface area (Å²) in [6.07, 6.45) is 8.95. The Kier molecular flexibility index (Phi) is 5.85. The van der Waals surface area contributed by atoms with Crippen LogP contribution in [0.2, 0.25) is 0 Å². The van der Waals surface area contributed by atoms with Gasteiger partial charge >= 0.3 is 0 Å². The van der Waals surface area contributed by atoms with E-state index in [2.05, 4.69) is 22.0 Å². The predicted octanol–water partition coefficient (Wildman–Crippen LogP) is 5.25. The fourth-order valence-electron chi connectivity index (χ4n) is 3.44. The molecule has 1 aliphatic heterocycles. The fraction of sp³-hybridized carbons (Fsp3) is 0.348. The highest BCUT2D eigenvalue weighted by atomic mass is 16.5. The first-order valence-corrected chi connectivity index (χ1v) is 9.86. The van der Waals surface area contributed by atoms with Crippen molar-refractivity contribution in [3.05, 3.63) is 60.0 Å². The Morgan fingerprint density at radius 1 is 0.963 bits per heavy atom. The van der Waals surface area contributed by atoms with Crippen molar-refractivity contribution in [2.45, 2.75) is 25.7 Å². The van der Waals surface area contributed by atoms with E-state index < -0.39 is 0 Å². The number of benzene rings is 2.